The molecule has 0 aliphatic carbocycles. The lowest BCUT2D eigenvalue weighted by atomic mass is 10.2. The zero-order valence-corrected chi connectivity index (χ0v) is 18.9. The summed E-state index contributed by atoms with van der Waals surface area (Å²) in [7, 11) is 0. The van der Waals surface area contributed by atoms with E-state index in [1.54, 1.807) is 22.8 Å². The summed E-state index contributed by atoms with van der Waals surface area (Å²) in [6.07, 6.45) is 1.92. The SMILES string of the molecule is CCCCn1c(=O)c(CCC(=O)OCC(=O)Nc2cccc3nsnc23)nc2ccccc21. The normalized spacial score (nSPS) is 11.1. The van der Waals surface area contributed by atoms with Crippen molar-refractivity contribution in [2.45, 2.75) is 39.2 Å². The fourth-order valence-corrected chi connectivity index (χ4v) is 4.03. The summed E-state index contributed by atoms with van der Waals surface area (Å²) in [5, 5.41) is 2.68. The smallest absolute Gasteiger partial charge is 0.306 e. The number of aromatic nitrogens is 4. The first-order valence-corrected chi connectivity index (χ1v) is 11.4. The number of para-hydroxylation sites is 2. The molecule has 0 saturated heterocycles. The number of fused-ring (bicyclic) bond motifs is 2. The number of benzene rings is 2. The van der Waals surface area contributed by atoms with Crippen LogP contribution in [0, 0.1) is 0 Å². The molecule has 4 rings (SSSR count). The number of ether oxygens (including phenoxy) is 1. The van der Waals surface area contributed by atoms with E-state index in [9.17, 15) is 14.4 Å². The Labute approximate surface area is 193 Å². The van der Waals surface area contributed by atoms with Crippen molar-refractivity contribution in [3.05, 3.63) is 58.5 Å². The largest absolute Gasteiger partial charge is 0.456 e. The number of aryl methyl sites for hydroxylation is 2. The van der Waals surface area contributed by atoms with E-state index in [2.05, 4.69) is 26.0 Å². The lowest BCUT2D eigenvalue weighted by Gasteiger charge is -2.12. The Kier molecular flexibility index (Phi) is 7.04. The van der Waals surface area contributed by atoms with Gasteiger partial charge in [0.1, 0.15) is 16.7 Å². The minimum Gasteiger partial charge on any atom is -0.456 e. The Hall–Kier alpha value is -3.66. The summed E-state index contributed by atoms with van der Waals surface area (Å²) < 4.78 is 15.1. The Morgan fingerprint density at radius 1 is 1.09 bits per heavy atom. The zero-order valence-electron chi connectivity index (χ0n) is 18.1. The van der Waals surface area contributed by atoms with Crippen molar-refractivity contribution in [2.75, 3.05) is 11.9 Å². The van der Waals surface area contributed by atoms with E-state index in [0.717, 1.165) is 30.1 Å². The number of unbranched alkanes of at least 4 members (excludes halogenated alkanes) is 1. The average molecular weight is 466 g/mol. The van der Waals surface area contributed by atoms with Crippen molar-refractivity contribution in [2.24, 2.45) is 0 Å². The first-order chi connectivity index (χ1) is 16.1. The van der Waals surface area contributed by atoms with Crippen LogP contribution >= 0.6 is 11.7 Å². The molecule has 0 unspecified atom stereocenters. The maximum absolute atomic E-state index is 12.9. The summed E-state index contributed by atoms with van der Waals surface area (Å²) in [5.74, 6) is -1.05. The van der Waals surface area contributed by atoms with E-state index in [1.807, 2.05) is 24.3 Å². The van der Waals surface area contributed by atoms with E-state index in [-0.39, 0.29) is 18.4 Å². The zero-order chi connectivity index (χ0) is 23.2. The number of anilines is 1. The molecule has 4 aromatic rings. The molecule has 0 fully saturated rings. The Bertz CT molecular complexity index is 1360. The second-order valence-electron chi connectivity index (χ2n) is 7.50. The third kappa shape index (κ3) is 5.23. The molecule has 0 aliphatic rings. The maximum Gasteiger partial charge on any atom is 0.306 e. The van der Waals surface area contributed by atoms with Crippen molar-refractivity contribution in [3.63, 3.8) is 0 Å². The number of amides is 1. The number of carbonyl (C=O) groups is 2. The predicted octanol–water partition coefficient (Wildman–Crippen LogP) is 3.32. The lowest BCUT2D eigenvalue weighted by molar-refractivity contribution is -0.147. The molecular formula is C23H23N5O4S. The van der Waals surface area contributed by atoms with E-state index in [4.69, 9.17) is 4.74 Å². The van der Waals surface area contributed by atoms with E-state index in [1.165, 1.54) is 0 Å². The number of nitrogens with one attached hydrogen (secondary N) is 1. The van der Waals surface area contributed by atoms with Gasteiger partial charge in [0.2, 0.25) is 0 Å². The van der Waals surface area contributed by atoms with Crippen molar-refractivity contribution >= 4 is 51.4 Å². The van der Waals surface area contributed by atoms with E-state index >= 15 is 0 Å². The second-order valence-corrected chi connectivity index (χ2v) is 8.03. The monoisotopic (exact) mass is 465 g/mol. The lowest BCUT2D eigenvalue weighted by Crippen LogP contribution is -2.27. The van der Waals surface area contributed by atoms with Crippen LogP contribution in [0.3, 0.4) is 0 Å². The van der Waals surface area contributed by atoms with Gasteiger partial charge in [0.05, 0.1) is 34.9 Å². The van der Waals surface area contributed by atoms with Crippen LogP contribution in [-0.2, 0) is 27.3 Å². The third-order valence-electron chi connectivity index (χ3n) is 5.15. The highest BCUT2D eigenvalue weighted by molar-refractivity contribution is 7.00. The molecule has 1 N–H and O–H groups in total. The molecular weight excluding hydrogens is 442 g/mol. The summed E-state index contributed by atoms with van der Waals surface area (Å²) >= 11 is 1.05. The predicted molar refractivity (Wildman–Crippen MR) is 126 cm³/mol. The van der Waals surface area contributed by atoms with Crippen LogP contribution in [0.25, 0.3) is 22.1 Å². The Morgan fingerprint density at radius 2 is 1.91 bits per heavy atom. The van der Waals surface area contributed by atoms with Gasteiger partial charge >= 0.3 is 5.97 Å². The molecule has 2 aromatic heterocycles. The quantitative estimate of drug-likeness (QED) is 0.377. The highest BCUT2D eigenvalue weighted by atomic mass is 32.1. The van der Waals surface area contributed by atoms with Crippen LogP contribution in [0.4, 0.5) is 5.69 Å². The van der Waals surface area contributed by atoms with Gasteiger partial charge in [0.15, 0.2) is 6.61 Å². The van der Waals surface area contributed by atoms with Gasteiger partial charge in [-0.05, 0) is 30.7 Å². The number of hydrogen-bond donors (Lipinski definition) is 1. The minimum absolute atomic E-state index is 0.0484. The summed E-state index contributed by atoms with van der Waals surface area (Å²) in [5.41, 5.74) is 3.39. The highest BCUT2D eigenvalue weighted by Gasteiger charge is 2.15. The molecule has 1 amide bonds. The summed E-state index contributed by atoms with van der Waals surface area (Å²) in [6, 6.07) is 12.7. The molecule has 0 radical (unpaired) electrons. The standard InChI is InChI=1S/C23H23N5O4S/c1-2-3-13-28-19-10-5-4-7-15(19)24-18(23(28)31)11-12-21(30)32-14-20(29)25-16-8-6-9-17-22(16)27-33-26-17/h4-10H,2-3,11-14H2,1H3,(H,25,29). The first-order valence-electron chi connectivity index (χ1n) is 10.7. The molecule has 0 atom stereocenters. The molecule has 9 nitrogen and oxygen atoms in total. The van der Waals surface area contributed by atoms with Gasteiger partial charge in [-0.15, -0.1) is 0 Å². The average Bonchev–Trinajstić information content (AvgIpc) is 3.31. The van der Waals surface area contributed by atoms with Gasteiger partial charge in [0, 0.05) is 13.0 Å². The number of carbonyl (C=O) groups excluding carboxylic acids is 2. The van der Waals surface area contributed by atoms with Gasteiger partial charge in [-0.2, -0.15) is 8.75 Å². The van der Waals surface area contributed by atoms with Crippen LogP contribution in [-0.4, -0.2) is 36.8 Å². The van der Waals surface area contributed by atoms with E-state index in [0.29, 0.717) is 34.5 Å². The molecule has 33 heavy (non-hydrogen) atoms. The van der Waals surface area contributed by atoms with Crippen LogP contribution in [0.1, 0.15) is 31.9 Å². The Morgan fingerprint density at radius 3 is 2.76 bits per heavy atom. The first kappa shape index (κ1) is 22.5. The fourth-order valence-electron chi connectivity index (χ4n) is 3.48. The molecule has 0 saturated carbocycles. The molecule has 0 spiro atoms. The summed E-state index contributed by atoms with van der Waals surface area (Å²) in [4.78, 5) is 41.8. The molecule has 0 bridgehead atoms. The summed E-state index contributed by atoms with van der Waals surface area (Å²) in [6.45, 7) is 2.23. The van der Waals surface area contributed by atoms with E-state index < -0.39 is 18.5 Å². The van der Waals surface area contributed by atoms with Gasteiger partial charge < -0.3 is 14.6 Å². The van der Waals surface area contributed by atoms with Crippen LogP contribution < -0.4 is 10.9 Å². The molecule has 10 heteroatoms. The third-order valence-corrected chi connectivity index (χ3v) is 5.69. The highest BCUT2D eigenvalue weighted by Crippen LogP contribution is 2.21. The van der Waals surface area contributed by atoms with Gasteiger partial charge in [-0.3, -0.25) is 14.4 Å². The van der Waals surface area contributed by atoms with Crippen molar-refractivity contribution < 1.29 is 14.3 Å². The maximum atomic E-state index is 12.9. The number of rotatable bonds is 9. The Balaban J connectivity index is 1.36. The topological polar surface area (TPSA) is 116 Å². The molecule has 0 aliphatic heterocycles. The second kappa shape index (κ2) is 10.3. The van der Waals surface area contributed by atoms with Crippen molar-refractivity contribution in [3.8, 4) is 0 Å². The molecule has 170 valence electrons. The fraction of sp³-hybridized carbons (Fsp3) is 0.304. The molecule has 2 heterocycles. The van der Waals surface area contributed by atoms with Gasteiger partial charge in [0.25, 0.3) is 11.5 Å². The number of esters is 1. The van der Waals surface area contributed by atoms with Crippen molar-refractivity contribution in [1.82, 2.24) is 18.3 Å². The van der Waals surface area contributed by atoms with Gasteiger partial charge in [-0.25, -0.2) is 4.98 Å². The minimum atomic E-state index is -0.576. The van der Waals surface area contributed by atoms with Crippen molar-refractivity contribution in [1.29, 1.82) is 0 Å². The van der Waals surface area contributed by atoms with Gasteiger partial charge in [-0.1, -0.05) is 31.5 Å². The van der Waals surface area contributed by atoms with Crippen LogP contribution in [0.15, 0.2) is 47.3 Å². The van der Waals surface area contributed by atoms with Crippen LogP contribution in [0.5, 0.6) is 0 Å². The molecule has 2 aromatic carbocycles. The van der Waals surface area contributed by atoms with Crippen LogP contribution in [0.2, 0.25) is 0 Å². The number of hydrogen-bond acceptors (Lipinski definition) is 8. The number of nitrogens with zero attached hydrogens (tertiary/aromatic N) is 4.